The lowest BCUT2D eigenvalue weighted by Gasteiger charge is -2.25. The van der Waals surface area contributed by atoms with Crippen molar-refractivity contribution >= 4 is 15.7 Å². The van der Waals surface area contributed by atoms with E-state index in [1.807, 2.05) is 12.1 Å². The van der Waals surface area contributed by atoms with Gasteiger partial charge < -0.3 is 10.1 Å². The minimum atomic E-state index is -3.33. The largest absolute Gasteiger partial charge is 0.381 e. The summed E-state index contributed by atoms with van der Waals surface area (Å²) in [5.41, 5.74) is 3.03. The van der Waals surface area contributed by atoms with Crippen LogP contribution in [0.2, 0.25) is 0 Å². The van der Waals surface area contributed by atoms with Gasteiger partial charge in [-0.25, -0.2) is 8.42 Å². The second kappa shape index (κ2) is 5.71. The Bertz CT molecular complexity index is 580. The zero-order chi connectivity index (χ0) is 14.0. The van der Waals surface area contributed by atoms with Crippen LogP contribution in [0, 0.1) is 0 Å². The molecule has 1 saturated heterocycles. The molecule has 6 heteroatoms. The lowest BCUT2D eigenvalue weighted by atomic mass is 10.00. The Balaban J connectivity index is 1.83. The van der Waals surface area contributed by atoms with Crippen molar-refractivity contribution in [3.05, 3.63) is 29.3 Å². The third-order valence-electron chi connectivity index (χ3n) is 4.01. The molecule has 1 aromatic rings. The van der Waals surface area contributed by atoms with E-state index in [1.165, 1.54) is 5.56 Å². The molecule has 0 atom stereocenters. The highest BCUT2D eigenvalue weighted by atomic mass is 32.2. The Labute approximate surface area is 119 Å². The third kappa shape index (κ3) is 2.82. The first-order chi connectivity index (χ1) is 9.67. The Hall–Kier alpha value is -1.11. The molecule has 2 heterocycles. The van der Waals surface area contributed by atoms with Gasteiger partial charge in [0.25, 0.3) is 0 Å². The van der Waals surface area contributed by atoms with Crippen LogP contribution in [0.25, 0.3) is 0 Å². The lowest BCUT2D eigenvalue weighted by molar-refractivity contribution is 0.0984. The van der Waals surface area contributed by atoms with E-state index < -0.39 is 10.0 Å². The van der Waals surface area contributed by atoms with Gasteiger partial charge in [0, 0.05) is 19.8 Å². The van der Waals surface area contributed by atoms with Crippen LogP contribution in [0.15, 0.2) is 18.2 Å². The molecule has 0 saturated carbocycles. The summed E-state index contributed by atoms with van der Waals surface area (Å²) in [7, 11) is -3.33. The molecule has 2 N–H and O–H groups in total. The number of nitrogens with one attached hydrogen (secondary N) is 2. The van der Waals surface area contributed by atoms with Gasteiger partial charge in [-0.15, -0.1) is 0 Å². The fourth-order valence-electron chi connectivity index (χ4n) is 2.83. The number of ether oxygens (including phenoxy) is 1. The van der Waals surface area contributed by atoms with Crippen molar-refractivity contribution in [2.24, 2.45) is 0 Å². The number of hydrogen-bond donors (Lipinski definition) is 2. The molecule has 1 fully saturated rings. The number of fused-ring (bicyclic) bond motifs is 1. The minimum absolute atomic E-state index is 0.344. The van der Waals surface area contributed by atoms with Crippen LogP contribution in [0.1, 0.15) is 24.0 Å². The van der Waals surface area contributed by atoms with Gasteiger partial charge in [-0.3, -0.25) is 4.72 Å². The van der Waals surface area contributed by atoms with Crippen LogP contribution in [-0.4, -0.2) is 33.4 Å². The van der Waals surface area contributed by atoms with E-state index in [2.05, 4.69) is 16.1 Å². The van der Waals surface area contributed by atoms with Crippen molar-refractivity contribution in [3.8, 4) is 0 Å². The topological polar surface area (TPSA) is 67.4 Å². The van der Waals surface area contributed by atoms with Crippen LogP contribution in [0.4, 0.5) is 5.69 Å². The molecule has 20 heavy (non-hydrogen) atoms. The molecule has 0 bridgehead atoms. The first kappa shape index (κ1) is 13.9. The molecule has 110 valence electrons. The van der Waals surface area contributed by atoms with E-state index in [4.69, 9.17) is 4.74 Å². The van der Waals surface area contributed by atoms with Gasteiger partial charge in [-0.05, 0) is 43.0 Å². The highest BCUT2D eigenvalue weighted by Crippen LogP contribution is 2.26. The van der Waals surface area contributed by atoms with Crippen LogP contribution < -0.4 is 10.0 Å². The van der Waals surface area contributed by atoms with Gasteiger partial charge in [0.05, 0.1) is 10.9 Å². The molecule has 0 amide bonds. The first-order valence-electron chi connectivity index (χ1n) is 7.08. The average molecular weight is 296 g/mol. The smallest absolute Gasteiger partial charge is 0.235 e. The van der Waals surface area contributed by atoms with Crippen LogP contribution in [0.5, 0.6) is 0 Å². The second-order valence-corrected chi connectivity index (χ2v) is 7.29. The van der Waals surface area contributed by atoms with Crippen molar-refractivity contribution in [2.75, 3.05) is 24.5 Å². The van der Waals surface area contributed by atoms with E-state index >= 15 is 0 Å². The molecule has 1 aromatic carbocycles. The molecular weight excluding hydrogens is 276 g/mol. The van der Waals surface area contributed by atoms with Crippen molar-refractivity contribution < 1.29 is 13.2 Å². The standard InChI is InChI=1S/C14H20N2O3S/c17-20(18,12-5-8-19-9-6-12)16-14-3-1-2-11-4-7-15-10-13(11)14/h1-3,12,15-16H,4-10H2. The van der Waals surface area contributed by atoms with Gasteiger partial charge in [0.15, 0.2) is 0 Å². The normalized spacial score (nSPS) is 20.4. The van der Waals surface area contributed by atoms with Gasteiger partial charge >= 0.3 is 0 Å². The highest BCUT2D eigenvalue weighted by Gasteiger charge is 2.28. The van der Waals surface area contributed by atoms with Crippen LogP contribution >= 0.6 is 0 Å². The molecule has 2 aliphatic heterocycles. The van der Waals surface area contributed by atoms with Gasteiger partial charge in [0.1, 0.15) is 0 Å². The Kier molecular flexibility index (Phi) is 3.96. The maximum atomic E-state index is 12.5. The quantitative estimate of drug-likeness (QED) is 0.881. The Morgan fingerprint density at radius 1 is 1.25 bits per heavy atom. The predicted octanol–water partition coefficient (Wildman–Crippen LogP) is 1.25. The molecule has 2 aliphatic rings. The summed E-state index contributed by atoms with van der Waals surface area (Å²) in [5, 5.41) is 2.95. The number of sulfonamides is 1. The van der Waals surface area contributed by atoms with Crippen molar-refractivity contribution in [3.63, 3.8) is 0 Å². The summed E-state index contributed by atoms with van der Waals surface area (Å²) < 4.78 is 32.9. The predicted molar refractivity (Wildman–Crippen MR) is 78.2 cm³/mol. The van der Waals surface area contributed by atoms with E-state index in [0.717, 1.165) is 30.8 Å². The molecule has 0 radical (unpaired) electrons. The summed E-state index contributed by atoms with van der Waals surface area (Å²) in [6, 6.07) is 5.84. The molecule has 0 aliphatic carbocycles. The maximum absolute atomic E-state index is 12.5. The third-order valence-corrected chi connectivity index (χ3v) is 5.86. The van der Waals surface area contributed by atoms with Crippen molar-refractivity contribution in [2.45, 2.75) is 31.1 Å². The zero-order valence-corrected chi connectivity index (χ0v) is 12.2. The summed E-state index contributed by atoms with van der Waals surface area (Å²) in [5.74, 6) is 0. The number of rotatable bonds is 3. The van der Waals surface area contributed by atoms with Gasteiger partial charge in [-0.2, -0.15) is 0 Å². The van der Waals surface area contributed by atoms with E-state index in [0.29, 0.717) is 26.1 Å². The van der Waals surface area contributed by atoms with Crippen LogP contribution in [0.3, 0.4) is 0 Å². The molecule has 5 nitrogen and oxygen atoms in total. The van der Waals surface area contributed by atoms with E-state index in [-0.39, 0.29) is 5.25 Å². The molecule has 0 unspecified atom stereocenters. The minimum Gasteiger partial charge on any atom is -0.381 e. The average Bonchev–Trinajstić information content (AvgIpc) is 2.48. The van der Waals surface area contributed by atoms with Crippen molar-refractivity contribution in [1.29, 1.82) is 0 Å². The maximum Gasteiger partial charge on any atom is 0.235 e. The SMILES string of the molecule is O=S(=O)(Nc1cccc2c1CNCC2)C1CCOCC1. The lowest BCUT2D eigenvalue weighted by Crippen LogP contribution is -2.34. The zero-order valence-electron chi connectivity index (χ0n) is 11.4. The number of hydrogen-bond acceptors (Lipinski definition) is 4. The molecule has 0 spiro atoms. The van der Waals surface area contributed by atoms with Crippen molar-refractivity contribution in [1.82, 2.24) is 5.32 Å². The summed E-state index contributed by atoms with van der Waals surface area (Å²) >= 11 is 0. The Morgan fingerprint density at radius 3 is 2.85 bits per heavy atom. The van der Waals surface area contributed by atoms with E-state index in [1.54, 1.807) is 0 Å². The molecule has 3 rings (SSSR count). The molecule has 0 aromatic heterocycles. The van der Waals surface area contributed by atoms with Crippen LogP contribution in [-0.2, 0) is 27.7 Å². The van der Waals surface area contributed by atoms with Gasteiger partial charge in [-0.1, -0.05) is 12.1 Å². The fraction of sp³-hybridized carbons (Fsp3) is 0.571. The van der Waals surface area contributed by atoms with Gasteiger partial charge in [0.2, 0.25) is 10.0 Å². The van der Waals surface area contributed by atoms with E-state index in [9.17, 15) is 8.42 Å². The first-order valence-corrected chi connectivity index (χ1v) is 8.62. The summed E-state index contributed by atoms with van der Waals surface area (Å²) in [6.07, 6.45) is 2.09. The second-order valence-electron chi connectivity index (χ2n) is 5.33. The number of benzene rings is 1. The fourth-order valence-corrected chi connectivity index (χ4v) is 4.31. The highest BCUT2D eigenvalue weighted by molar-refractivity contribution is 7.93. The Morgan fingerprint density at radius 2 is 2.05 bits per heavy atom. The number of anilines is 1. The monoisotopic (exact) mass is 296 g/mol. The summed E-state index contributed by atoms with van der Waals surface area (Å²) in [4.78, 5) is 0. The molecular formula is C14H20N2O3S. The summed E-state index contributed by atoms with van der Waals surface area (Å²) in [6.45, 7) is 2.73.